The third kappa shape index (κ3) is 4.33. The smallest absolute Gasteiger partial charge is 0.394 e. The molecule has 7 heteroatoms. The van der Waals surface area contributed by atoms with Crippen LogP contribution in [0, 0.1) is 0 Å². The third-order valence-corrected chi connectivity index (χ3v) is 3.21. The molecule has 0 atom stereocenters. The zero-order chi connectivity index (χ0) is 17.5. The molecule has 2 aromatic rings. The van der Waals surface area contributed by atoms with Crippen molar-refractivity contribution in [3.63, 3.8) is 0 Å². The van der Waals surface area contributed by atoms with Gasteiger partial charge in [-0.1, -0.05) is 36.4 Å². The van der Waals surface area contributed by atoms with Crippen LogP contribution in [0.3, 0.4) is 0 Å². The van der Waals surface area contributed by atoms with E-state index >= 15 is 0 Å². The van der Waals surface area contributed by atoms with Crippen LogP contribution in [-0.2, 0) is 16.0 Å². The Hall–Kier alpha value is -3.35. The van der Waals surface area contributed by atoms with E-state index < -0.39 is 17.8 Å². The first kappa shape index (κ1) is 17.0. The molecule has 2 amide bonds. The Morgan fingerprint density at radius 2 is 1.75 bits per heavy atom. The van der Waals surface area contributed by atoms with Crippen LogP contribution < -0.4 is 15.8 Å². The summed E-state index contributed by atoms with van der Waals surface area (Å²) in [5.41, 5.74) is 6.32. The Kier molecular flexibility index (Phi) is 5.51. The summed E-state index contributed by atoms with van der Waals surface area (Å²) in [5, 5.41) is 10.8. The minimum Gasteiger partial charge on any atom is -0.492 e. The maximum absolute atomic E-state index is 11.7. The van der Waals surface area contributed by atoms with E-state index in [2.05, 4.69) is 5.32 Å². The number of rotatable bonds is 6. The van der Waals surface area contributed by atoms with Crippen molar-refractivity contribution in [1.82, 2.24) is 0 Å². The standard InChI is InChI=1S/C17H16N2O5/c18-15(20)14-12(19-16(21)17(22)23)7-4-8-13(14)24-10-9-11-5-2-1-3-6-11/h1-8H,9-10H2,(H2,18,20)(H,19,21)(H,22,23). The Labute approximate surface area is 138 Å². The Morgan fingerprint density at radius 1 is 1.04 bits per heavy atom. The van der Waals surface area contributed by atoms with Crippen LogP contribution in [-0.4, -0.2) is 29.5 Å². The molecule has 0 saturated heterocycles. The van der Waals surface area contributed by atoms with Gasteiger partial charge < -0.3 is 20.9 Å². The highest BCUT2D eigenvalue weighted by atomic mass is 16.5. The van der Waals surface area contributed by atoms with Crippen molar-refractivity contribution in [2.45, 2.75) is 6.42 Å². The van der Waals surface area contributed by atoms with Gasteiger partial charge in [0.15, 0.2) is 0 Å². The summed E-state index contributed by atoms with van der Waals surface area (Å²) in [6.07, 6.45) is 0.616. The topological polar surface area (TPSA) is 119 Å². The first-order valence-electron chi connectivity index (χ1n) is 7.13. The molecule has 0 saturated carbocycles. The number of aliphatic carboxylic acids is 1. The molecule has 0 aliphatic carbocycles. The molecule has 0 aromatic heterocycles. The van der Waals surface area contributed by atoms with Crippen molar-refractivity contribution in [3.8, 4) is 5.75 Å². The van der Waals surface area contributed by atoms with Crippen LogP contribution in [0.25, 0.3) is 0 Å². The fourth-order valence-corrected chi connectivity index (χ4v) is 2.11. The number of carbonyl (C=O) groups is 3. The van der Waals surface area contributed by atoms with Crippen LogP contribution in [0.5, 0.6) is 5.75 Å². The predicted octanol–water partition coefficient (Wildman–Crippen LogP) is 1.43. The number of hydrogen-bond acceptors (Lipinski definition) is 4. The monoisotopic (exact) mass is 328 g/mol. The number of primary amides is 1. The molecule has 124 valence electrons. The maximum Gasteiger partial charge on any atom is 0.394 e. The van der Waals surface area contributed by atoms with E-state index in [0.717, 1.165) is 5.56 Å². The number of carboxylic acids is 1. The summed E-state index contributed by atoms with van der Waals surface area (Å²) in [7, 11) is 0. The minimum atomic E-state index is -1.67. The molecule has 0 aliphatic rings. The van der Waals surface area contributed by atoms with E-state index in [4.69, 9.17) is 15.6 Å². The Bertz CT molecular complexity index is 759. The molecule has 0 bridgehead atoms. The fourth-order valence-electron chi connectivity index (χ4n) is 2.11. The second-order valence-electron chi connectivity index (χ2n) is 4.89. The van der Waals surface area contributed by atoms with Gasteiger partial charge in [-0.05, 0) is 17.7 Å². The van der Waals surface area contributed by atoms with Gasteiger partial charge in [0.2, 0.25) is 0 Å². The first-order valence-corrected chi connectivity index (χ1v) is 7.13. The highest BCUT2D eigenvalue weighted by Gasteiger charge is 2.19. The highest BCUT2D eigenvalue weighted by Crippen LogP contribution is 2.26. The largest absolute Gasteiger partial charge is 0.492 e. The van der Waals surface area contributed by atoms with Gasteiger partial charge in [0.05, 0.1) is 12.3 Å². The molecule has 0 spiro atoms. The van der Waals surface area contributed by atoms with Gasteiger partial charge >= 0.3 is 11.9 Å². The van der Waals surface area contributed by atoms with E-state index in [9.17, 15) is 14.4 Å². The zero-order valence-corrected chi connectivity index (χ0v) is 12.7. The van der Waals surface area contributed by atoms with Crippen LogP contribution in [0.1, 0.15) is 15.9 Å². The van der Waals surface area contributed by atoms with Crippen molar-refractivity contribution >= 4 is 23.5 Å². The lowest BCUT2D eigenvalue weighted by Crippen LogP contribution is -2.24. The van der Waals surface area contributed by atoms with Gasteiger partial charge in [-0.2, -0.15) is 0 Å². The number of carbonyl (C=O) groups excluding carboxylic acids is 2. The fraction of sp³-hybridized carbons (Fsp3) is 0.118. The summed E-state index contributed by atoms with van der Waals surface area (Å²) >= 11 is 0. The molecule has 0 heterocycles. The molecule has 2 rings (SSSR count). The number of anilines is 1. The lowest BCUT2D eigenvalue weighted by Gasteiger charge is -2.13. The van der Waals surface area contributed by atoms with E-state index in [1.807, 2.05) is 30.3 Å². The molecule has 0 fully saturated rings. The summed E-state index contributed by atoms with van der Waals surface area (Å²) in [6.45, 7) is 0.292. The predicted molar refractivity (Wildman–Crippen MR) is 86.9 cm³/mol. The van der Waals surface area contributed by atoms with Gasteiger partial charge in [0.1, 0.15) is 11.3 Å². The van der Waals surface area contributed by atoms with Crippen molar-refractivity contribution in [2.75, 3.05) is 11.9 Å². The SMILES string of the molecule is NC(=O)c1c(NC(=O)C(=O)O)cccc1OCCc1ccccc1. The van der Waals surface area contributed by atoms with Crippen LogP contribution in [0.2, 0.25) is 0 Å². The average Bonchev–Trinajstić information content (AvgIpc) is 2.55. The molecule has 24 heavy (non-hydrogen) atoms. The quantitative estimate of drug-likeness (QED) is 0.693. The van der Waals surface area contributed by atoms with Crippen LogP contribution >= 0.6 is 0 Å². The molecule has 2 aromatic carbocycles. The summed E-state index contributed by atoms with van der Waals surface area (Å²) < 4.78 is 5.59. The minimum absolute atomic E-state index is 0.00730. The number of amides is 2. The lowest BCUT2D eigenvalue weighted by atomic mass is 10.1. The lowest BCUT2D eigenvalue weighted by molar-refractivity contribution is -0.147. The van der Waals surface area contributed by atoms with E-state index in [1.165, 1.54) is 18.2 Å². The number of nitrogens with one attached hydrogen (secondary N) is 1. The summed E-state index contributed by atoms with van der Waals surface area (Å²) in [6, 6.07) is 14.1. The van der Waals surface area contributed by atoms with Crippen molar-refractivity contribution in [3.05, 3.63) is 59.7 Å². The number of carboxylic acid groups (broad SMARTS) is 1. The van der Waals surface area contributed by atoms with Gasteiger partial charge in [-0.15, -0.1) is 0 Å². The van der Waals surface area contributed by atoms with Gasteiger partial charge in [-0.3, -0.25) is 9.59 Å². The number of ether oxygens (including phenoxy) is 1. The van der Waals surface area contributed by atoms with Crippen molar-refractivity contribution < 1.29 is 24.2 Å². The van der Waals surface area contributed by atoms with Crippen molar-refractivity contribution in [1.29, 1.82) is 0 Å². The third-order valence-electron chi connectivity index (χ3n) is 3.21. The molecule has 7 nitrogen and oxygen atoms in total. The molecule has 0 radical (unpaired) electrons. The molecule has 4 N–H and O–H groups in total. The number of hydrogen-bond donors (Lipinski definition) is 3. The average molecular weight is 328 g/mol. The van der Waals surface area contributed by atoms with Gasteiger partial charge in [0, 0.05) is 6.42 Å². The number of nitrogens with two attached hydrogens (primary N) is 1. The van der Waals surface area contributed by atoms with Crippen LogP contribution in [0.15, 0.2) is 48.5 Å². The van der Waals surface area contributed by atoms with E-state index in [1.54, 1.807) is 0 Å². The summed E-state index contributed by atoms with van der Waals surface area (Å²) in [5.74, 6) is -3.58. The summed E-state index contributed by atoms with van der Waals surface area (Å²) in [4.78, 5) is 33.6. The normalized spacial score (nSPS) is 10.0. The van der Waals surface area contributed by atoms with Gasteiger partial charge in [-0.25, -0.2) is 4.79 Å². The van der Waals surface area contributed by atoms with E-state index in [-0.39, 0.29) is 17.0 Å². The molecule has 0 unspecified atom stereocenters. The zero-order valence-electron chi connectivity index (χ0n) is 12.7. The Balaban J connectivity index is 2.15. The molecule has 0 aliphatic heterocycles. The highest BCUT2D eigenvalue weighted by molar-refractivity contribution is 6.36. The van der Waals surface area contributed by atoms with Crippen LogP contribution in [0.4, 0.5) is 5.69 Å². The first-order chi connectivity index (χ1) is 11.5. The van der Waals surface area contributed by atoms with Crippen molar-refractivity contribution in [2.24, 2.45) is 5.73 Å². The number of benzene rings is 2. The second-order valence-corrected chi connectivity index (χ2v) is 4.89. The molecular weight excluding hydrogens is 312 g/mol. The second kappa shape index (κ2) is 7.77. The van der Waals surface area contributed by atoms with E-state index in [0.29, 0.717) is 13.0 Å². The molecular formula is C17H16N2O5. The van der Waals surface area contributed by atoms with Gasteiger partial charge in [0.25, 0.3) is 5.91 Å². The Morgan fingerprint density at radius 3 is 2.38 bits per heavy atom. The maximum atomic E-state index is 11.7.